The minimum atomic E-state index is -0.226. The molecular formula is C21H21ClN4O2. The predicted molar refractivity (Wildman–Crippen MR) is 110 cm³/mol. The van der Waals surface area contributed by atoms with Gasteiger partial charge in [-0.25, -0.2) is 4.68 Å². The van der Waals surface area contributed by atoms with E-state index < -0.39 is 0 Å². The molecule has 28 heavy (non-hydrogen) atoms. The number of nitrogens with one attached hydrogen (secondary N) is 2. The van der Waals surface area contributed by atoms with E-state index in [9.17, 15) is 9.59 Å². The fourth-order valence-corrected chi connectivity index (χ4v) is 2.71. The van der Waals surface area contributed by atoms with Crippen LogP contribution in [-0.2, 0) is 11.3 Å². The molecule has 3 rings (SSSR count). The number of rotatable bonds is 6. The van der Waals surface area contributed by atoms with E-state index in [4.69, 9.17) is 11.6 Å². The quantitative estimate of drug-likeness (QED) is 0.660. The molecular weight excluding hydrogens is 376 g/mol. The molecule has 0 aliphatic carbocycles. The van der Waals surface area contributed by atoms with Gasteiger partial charge in [0.05, 0.1) is 22.5 Å². The van der Waals surface area contributed by atoms with Crippen LogP contribution in [0.2, 0.25) is 5.02 Å². The number of amides is 2. The molecule has 0 atom stereocenters. The Hall–Kier alpha value is -3.12. The van der Waals surface area contributed by atoms with Crippen molar-refractivity contribution in [2.24, 2.45) is 5.92 Å². The second kappa shape index (κ2) is 8.71. The third-order valence-corrected chi connectivity index (χ3v) is 4.46. The first kappa shape index (κ1) is 19.6. The lowest BCUT2D eigenvalue weighted by Crippen LogP contribution is -2.22. The number of benzene rings is 2. The molecule has 2 N–H and O–H groups in total. The Balaban J connectivity index is 1.59. The number of nitrogens with zero attached hydrogens (tertiary/aromatic N) is 2. The summed E-state index contributed by atoms with van der Waals surface area (Å²) in [5.74, 6) is -0.335. The number of anilines is 1. The van der Waals surface area contributed by atoms with Gasteiger partial charge in [0.2, 0.25) is 5.91 Å². The number of hydrogen-bond donors (Lipinski definition) is 2. The summed E-state index contributed by atoms with van der Waals surface area (Å²) in [5, 5.41) is 10.5. The number of aromatic nitrogens is 2. The number of hydrogen-bond acceptors (Lipinski definition) is 3. The molecule has 0 bridgehead atoms. The molecule has 0 spiro atoms. The Bertz CT molecular complexity index is 980. The summed E-state index contributed by atoms with van der Waals surface area (Å²) in [6, 6.07) is 14.7. The van der Waals surface area contributed by atoms with E-state index in [1.807, 2.05) is 56.3 Å². The zero-order valence-corrected chi connectivity index (χ0v) is 16.4. The molecule has 0 saturated heterocycles. The third-order valence-electron chi connectivity index (χ3n) is 4.14. The van der Waals surface area contributed by atoms with Gasteiger partial charge in [0, 0.05) is 24.3 Å². The van der Waals surface area contributed by atoms with Crippen LogP contribution in [0.5, 0.6) is 0 Å². The second-order valence-electron chi connectivity index (χ2n) is 6.65. The van der Waals surface area contributed by atoms with Gasteiger partial charge in [0.25, 0.3) is 5.91 Å². The van der Waals surface area contributed by atoms with Crippen LogP contribution in [0.4, 0.5) is 5.69 Å². The Morgan fingerprint density at radius 2 is 1.82 bits per heavy atom. The topological polar surface area (TPSA) is 76.0 Å². The van der Waals surface area contributed by atoms with Crippen molar-refractivity contribution >= 4 is 29.1 Å². The van der Waals surface area contributed by atoms with Gasteiger partial charge >= 0.3 is 0 Å². The molecule has 0 saturated carbocycles. The van der Waals surface area contributed by atoms with Crippen LogP contribution in [0.3, 0.4) is 0 Å². The van der Waals surface area contributed by atoms with Gasteiger partial charge < -0.3 is 10.6 Å². The lowest BCUT2D eigenvalue weighted by atomic mass is 10.1. The Kier molecular flexibility index (Phi) is 6.11. The van der Waals surface area contributed by atoms with Crippen LogP contribution in [0.25, 0.3) is 5.69 Å². The Labute approximate surface area is 168 Å². The minimum Gasteiger partial charge on any atom is -0.348 e. The van der Waals surface area contributed by atoms with E-state index >= 15 is 0 Å². The highest BCUT2D eigenvalue weighted by Gasteiger charge is 2.11. The van der Waals surface area contributed by atoms with E-state index in [-0.39, 0.29) is 17.7 Å². The summed E-state index contributed by atoms with van der Waals surface area (Å²) in [5.41, 5.74) is 2.81. The smallest absolute Gasteiger partial charge is 0.254 e. The number of carbonyl (C=O) groups is 2. The van der Waals surface area contributed by atoms with Gasteiger partial charge in [-0.3, -0.25) is 9.59 Å². The second-order valence-corrected chi connectivity index (χ2v) is 7.06. The predicted octanol–water partition coefficient (Wildman–Crippen LogP) is 4.05. The van der Waals surface area contributed by atoms with Crippen LogP contribution in [0.15, 0.2) is 60.9 Å². The molecule has 0 fully saturated rings. The summed E-state index contributed by atoms with van der Waals surface area (Å²) < 4.78 is 1.57. The van der Waals surface area contributed by atoms with Gasteiger partial charge in [0.1, 0.15) is 0 Å². The number of halogens is 1. The van der Waals surface area contributed by atoms with Crippen LogP contribution in [-0.4, -0.2) is 21.6 Å². The highest BCUT2D eigenvalue weighted by Crippen LogP contribution is 2.19. The lowest BCUT2D eigenvalue weighted by Gasteiger charge is -2.09. The first-order chi connectivity index (χ1) is 13.4. The fourth-order valence-electron chi connectivity index (χ4n) is 2.49. The third kappa shape index (κ3) is 4.78. The number of carbonyl (C=O) groups excluding carboxylic acids is 2. The molecule has 0 radical (unpaired) electrons. The van der Waals surface area contributed by atoms with E-state index in [1.165, 1.54) is 6.20 Å². The lowest BCUT2D eigenvalue weighted by molar-refractivity contribution is -0.118. The van der Waals surface area contributed by atoms with Crippen molar-refractivity contribution in [1.29, 1.82) is 0 Å². The van der Waals surface area contributed by atoms with Gasteiger partial charge in [-0.05, 0) is 29.8 Å². The van der Waals surface area contributed by atoms with Gasteiger partial charge in [-0.1, -0.05) is 49.7 Å². The molecule has 6 nitrogen and oxygen atoms in total. The van der Waals surface area contributed by atoms with Crippen LogP contribution in [0, 0.1) is 5.92 Å². The van der Waals surface area contributed by atoms with E-state index in [2.05, 4.69) is 15.7 Å². The summed E-state index contributed by atoms with van der Waals surface area (Å²) in [6.45, 7) is 4.05. The highest BCUT2D eigenvalue weighted by atomic mass is 35.5. The van der Waals surface area contributed by atoms with Gasteiger partial charge in [0.15, 0.2) is 0 Å². The van der Waals surface area contributed by atoms with Crippen LogP contribution in [0.1, 0.15) is 29.8 Å². The van der Waals surface area contributed by atoms with Crippen molar-refractivity contribution in [3.8, 4) is 5.69 Å². The van der Waals surface area contributed by atoms with Crippen molar-refractivity contribution in [3.63, 3.8) is 0 Å². The molecule has 0 unspecified atom stereocenters. The standard InChI is InChI=1S/C21H21ClN4O2/c1-14(2)20(27)25-17-9-7-15(8-10-17)11-23-21(28)16-12-24-26(13-16)19-6-4-3-5-18(19)22/h3-10,12-14H,11H2,1-2H3,(H,23,28)(H,25,27). The van der Waals surface area contributed by atoms with E-state index in [1.54, 1.807) is 16.9 Å². The number of para-hydroxylation sites is 1. The summed E-state index contributed by atoms with van der Waals surface area (Å²) in [6.07, 6.45) is 3.14. The maximum atomic E-state index is 12.4. The van der Waals surface area contributed by atoms with Crippen molar-refractivity contribution in [3.05, 3.63) is 77.1 Å². The highest BCUT2D eigenvalue weighted by molar-refractivity contribution is 6.32. The average Bonchev–Trinajstić information content (AvgIpc) is 3.17. The van der Waals surface area contributed by atoms with Crippen molar-refractivity contribution in [2.45, 2.75) is 20.4 Å². The SMILES string of the molecule is CC(C)C(=O)Nc1ccc(CNC(=O)c2cnn(-c3ccccc3Cl)c2)cc1. The largest absolute Gasteiger partial charge is 0.348 e. The van der Waals surface area contributed by atoms with Gasteiger partial charge in [-0.2, -0.15) is 5.10 Å². The van der Waals surface area contributed by atoms with Gasteiger partial charge in [-0.15, -0.1) is 0 Å². The first-order valence-electron chi connectivity index (χ1n) is 8.91. The Morgan fingerprint density at radius 3 is 2.50 bits per heavy atom. The van der Waals surface area contributed by atoms with E-state index in [0.29, 0.717) is 22.8 Å². The summed E-state index contributed by atoms with van der Waals surface area (Å²) in [7, 11) is 0. The van der Waals surface area contributed by atoms with Crippen molar-refractivity contribution in [1.82, 2.24) is 15.1 Å². The zero-order valence-electron chi connectivity index (χ0n) is 15.6. The van der Waals surface area contributed by atoms with Crippen molar-refractivity contribution in [2.75, 3.05) is 5.32 Å². The maximum Gasteiger partial charge on any atom is 0.254 e. The first-order valence-corrected chi connectivity index (χ1v) is 9.29. The molecule has 0 aliphatic rings. The fraction of sp³-hybridized carbons (Fsp3) is 0.190. The molecule has 1 aromatic heterocycles. The Morgan fingerprint density at radius 1 is 1.11 bits per heavy atom. The molecule has 1 heterocycles. The maximum absolute atomic E-state index is 12.4. The van der Waals surface area contributed by atoms with E-state index in [0.717, 1.165) is 11.3 Å². The normalized spacial score (nSPS) is 10.7. The molecule has 0 aliphatic heterocycles. The summed E-state index contributed by atoms with van der Waals surface area (Å²) >= 11 is 6.16. The molecule has 2 aromatic carbocycles. The molecule has 3 aromatic rings. The average molecular weight is 397 g/mol. The summed E-state index contributed by atoms with van der Waals surface area (Å²) in [4.78, 5) is 24.1. The zero-order chi connectivity index (χ0) is 20.1. The molecule has 144 valence electrons. The van der Waals surface area contributed by atoms with Crippen LogP contribution < -0.4 is 10.6 Å². The molecule has 2 amide bonds. The monoisotopic (exact) mass is 396 g/mol. The molecule has 7 heteroatoms. The van der Waals surface area contributed by atoms with Crippen molar-refractivity contribution < 1.29 is 9.59 Å². The minimum absolute atomic E-state index is 0.0309. The van der Waals surface area contributed by atoms with Crippen LogP contribution >= 0.6 is 11.6 Å².